The molecule has 0 unspecified atom stereocenters. The zero-order chi connectivity index (χ0) is 16.1. The van der Waals surface area contributed by atoms with Crippen molar-refractivity contribution in [2.24, 2.45) is 0 Å². The summed E-state index contributed by atoms with van der Waals surface area (Å²) in [6, 6.07) is 12.6. The minimum Gasteiger partial charge on any atom is -0.368 e. The van der Waals surface area contributed by atoms with Crippen molar-refractivity contribution in [2.75, 3.05) is 11.9 Å². The van der Waals surface area contributed by atoms with E-state index in [1.54, 1.807) is 0 Å². The molecule has 1 N–H and O–H groups in total. The van der Waals surface area contributed by atoms with Crippen LogP contribution in [0, 0.1) is 6.92 Å². The van der Waals surface area contributed by atoms with E-state index in [0.717, 1.165) is 35.8 Å². The van der Waals surface area contributed by atoms with Gasteiger partial charge in [0.05, 0.1) is 5.52 Å². The van der Waals surface area contributed by atoms with Crippen LogP contribution >= 0.6 is 0 Å². The molecule has 2 aromatic heterocycles. The number of fused-ring (bicyclic) bond motifs is 1. The van der Waals surface area contributed by atoms with Crippen LogP contribution in [0.1, 0.15) is 37.6 Å². The highest BCUT2D eigenvalue weighted by Gasteiger charge is 2.11. The van der Waals surface area contributed by atoms with Crippen molar-refractivity contribution in [2.45, 2.75) is 39.7 Å². The third-order valence-electron chi connectivity index (χ3n) is 3.99. The monoisotopic (exact) mass is 308 g/mol. The number of aromatic nitrogens is 3. The van der Waals surface area contributed by atoms with Gasteiger partial charge in [-0.3, -0.25) is 0 Å². The van der Waals surface area contributed by atoms with Crippen molar-refractivity contribution < 1.29 is 0 Å². The summed E-state index contributed by atoms with van der Waals surface area (Å²) in [7, 11) is 0. The summed E-state index contributed by atoms with van der Waals surface area (Å²) >= 11 is 0. The van der Waals surface area contributed by atoms with Crippen LogP contribution in [0.4, 0.5) is 5.82 Å². The molecule has 0 amide bonds. The van der Waals surface area contributed by atoms with Gasteiger partial charge in [-0.1, -0.05) is 50.1 Å². The number of nitrogens with one attached hydrogen (secondary N) is 1. The summed E-state index contributed by atoms with van der Waals surface area (Å²) in [5.41, 5.74) is 3.38. The van der Waals surface area contributed by atoms with Crippen LogP contribution in [0.3, 0.4) is 0 Å². The van der Waals surface area contributed by atoms with Gasteiger partial charge in [-0.15, -0.1) is 0 Å². The van der Waals surface area contributed by atoms with E-state index in [4.69, 9.17) is 0 Å². The average Bonchev–Trinajstić information content (AvgIpc) is 2.95. The lowest BCUT2D eigenvalue weighted by atomic mass is 10.2. The molecule has 0 radical (unpaired) electrons. The zero-order valence-corrected chi connectivity index (χ0v) is 13.9. The van der Waals surface area contributed by atoms with Gasteiger partial charge in [0.15, 0.2) is 5.82 Å². The first-order valence-electron chi connectivity index (χ1n) is 8.39. The molecular formula is C19H24N4. The van der Waals surface area contributed by atoms with E-state index in [-0.39, 0.29) is 0 Å². The SMILES string of the molecule is CCCCCNc1nc(C)nc2ccn(Cc3ccccc3)c12. The molecule has 0 aliphatic carbocycles. The number of benzene rings is 1. The Morgan fingerprint density at radius 3 is 2.65 bits per heavy atom. The summed E-state index contributed by atoms with van der Waals surface area (Å²) in [6.45, 7) is 5.96. The maximum atomic E-state index is 4.63. The van der Waals surface area contributed by atoms with Crippen molar-refractivity contribution in [3.05, 3.63) is 54.0 Å². The Kier molecular flexibility index (Phi) is 4.91. The molecule has 0 atom stereocenters. The van der Waals surface area contributed by atoms with Crippen LogP contribution in [0.25, 0.3) is 11.0 Å². The molecule has 2 heterocycles. The predicted octanol–water partition coefficient (Wildman–Crippen LogP) is 4.39. The Bertz CT molecular complexity index is 762. The first-order chi connectivity index (χ1) is 11.3. The second kappa shape index (κ2) is 7.27. The van der Waals surface area contributed by atoms with E-state index in [0.29, 0.717) is 0 Å². The molecule has 23 heavy (non-hydrogen) atoms. The zero-order valence-electron chi connectivity index (χ0n) is 13.9. The normalized spacial score (nSPS) is 11.0. The van der Waals surface area contributed by atoms with Gasteiger partial charge < -0.3 is 9.88 Å². The lowest BCUT2D eigenvalue weighted by Gasteiger charge is -2.11. The van der Waals surface area contributed by atoms with E-state index in [2.05, 4.69) is 63.3 Å². The van der Waals surface area contributed by atoms with E-state index in [9.17, 15) is 0 Å². The smallest absolute Gasteiger partial charge is 0.154 e. The van der Waals surface area contributed by atoms with Gasteiger partial charge in [-0.2, -0.15) is 0 Å². The van der Waals surface area contributed by atoms with Gasteiger partial charge in [0.1, 0.15) is 11.3 Å². The van der Waals surface area contributed by atoms with E-state index >= 15 is 0 Å². The number of aryl methyl sites for hydroxylation is 1. The van der Waals surface area contributed by atoms with Crippen LogP contribution in [0.5, 0.6) is 0 Å². The molecule has 3 rings (SSSR count). The largest absolute Gasteiger partial charge is 0.368 e. The Labute approximate surface area is 137 Å². The molecule has 0 aliphatic heterocycles. The topological polar surface area (TPSA) is 42.7 Å². The molecule has 0 bridgehead atoms. The van der Waals surface area contributed by atoms with E-state index in [1.807, 2.05) is 13.0 Å². The summed E-state index contributed by atoms with van der Waals surface area (Å²) < 4.78 is 2.23. The van der Waals surface area contributed by atoms with Gasteiger partial charge in [0.2, 0.25) is 0 Å². The van der Waals surface area contributed by atoms with Crippen LogP contribution in [0.15, 0.2) is 42.6 Å². The highest BCUT2D eigenvalue weighted by molar-refractivity contribution is 5.86. The number of rotatable bonds is 7. The van der Waals surface area contributed by atoms with Crippen molar-refractivity contribution in [1.29, 1.82) is 0 Å². The van der Waals surface area contributed by atoms with Crippen molar-refractivity contribution in [3.63, 3.8) is 0 Å². The molecule has 4 nitrogen and oxygen atoms in total. The lowest BCUT2D eigenvalue weighted by molar-refractivity contribution is 0.741. The fourth-order valence-corrected chi connectivity index (χ4v) is 2.84. The number of unbranched alkanes of at least 4 members (excludes halogenated alkanes) is 2. The standard InChI is InChI=1S/C19H24N4/c1-3-4-8-12-20-19-18-17(21-15(2)22-19)11-13-23(18)14-16-9-6-5-7-10-16/h5-7,9-11,13H,3-4,8,12,14H2,1-2H3,(H,20,21,22). The molecule has 0 spiro atoms. The lowest BCUT2D eigenvalue weighted by Crippen LogP contribution is -2.08. The minimum atomic E-state index is 0.813. The fourth-order valence-electron chi connectivity index (χ4n) is 2.84. The predicted molar refractivity (Wildman–Crippen MR) is 95.8 cm³/mol. The Hall–Kier alpha value is -2.36. The molecule has 0 fully saturated rings. The first-order valence-corrected chi connectivity index (χ1v) is 8.39. The van der Waals surface area contributed by atoms with Gasteiger partial charge in [-0.25, -0.2) is 9.97 Å². The third-order valence-corrected chi connectivity index (χ3v) is 3.99. The summed E-state index contributed by atoms with van der Waals surface area (Å²) in [6.07, 6.45) is 5.74. The quantitative estimate of drug-likeness (QED) is 0.658. The Balaban J connectivity index is 1.89. The Morgan fingerprint density at radius 1 is 1.04 bits per heavy atom. The van der Waals surface area contributed by atoms with Crippen LogP contribution in [0.2, 0.25) is 0 Å². The Morgan fingerprint density at radius 2 is 1.87 bits per heavy atom. The van der Waals surface area contributed by atoms with E-state index < -0.39 is 0 Å². The second-order valence-corrected chi connectivity index (χ2v) is 5.92. The molecular weight excluding hydrogens is 284 g/mol. The minimum absolute atomic E-state index is 0.813. The first kappa shape index (κ1) is 15.5. The average molecular weight is 308 g/mol. The molecule has 0 saturated carbocycles. The van der Waals surface area contributed by atoms with Crippen LogP contribution in [-0.4, -0.2) is 21.1 Å². The third kappa shape index (κ3) is 3.70. The summed E-state index contributed by atoms with van der Waals surface area (Å²) in [5, 5.41) is 3.50. The summed E-state index contributed by atoms with van der Waals surface area (Å²) in [5.74, 6) is 1.76. The number of anilines is 1. The van der Waals surface area contributed by atoms with Crippen LogP contribution in [-0.2, 0) is 6.54 Å². The van der Waals surface area contributed by atoms with Crippen molar-refractivity contribution in [3.8, 4) is 0 Å². The maximum absolute atomic E-state index is 4.63. The number of nitrogens with zero attached hydrogens (tertiary/aromatic N) is 3. The maximum Gasteiger partial charge on any atom is 0.154 e. The molecule has 0 aliphatic rings. The highest BCUT2D eigenvalue weighted by atomic mass is 15.1. The van der Waals surface area contributed by atoms with Gasteiger partial charge in [-0.05, 0) is 25.0 Å². The molecule has 3 aromatic rings. The van der Waals surface area contributed by atoms with Crippen molar-refractivity contribution >= 4 is 16.9 Å². The van der Waals surface area contributed by atoms with Crippen LogP contribution < -0.4 is 5.32 Å². The second-order valence-electron chi connectivity index (χ2n) is 5.92. The molecule has 1 aromatic carbocycles. The molecule has 120 valence electrons. The highest BCUT2D eigenvalue weighted by Crippen LogP contribution is 2.23. The summed E-state index contributed by atoms with van der Waals surface area (Å²) in [4.78, 5) is 9.20. The molecule has 0 saturated heterocycles. The van der Waals surface area contributed by atoms with Gasteiger partial charge in [0.25, 0.3) is 0 Å². The van der Waals surface area contributed by atoms with Crippen molar-refractivity contribution in [1.82, 2.24) is 14.5 Å². The number of hydrogen-bond acceptors (Lipinski definition) is 3. The molecule has 4 heteroatoms. The van der Waals surface area contributed by atoms with Gasteiger partial charge in [0, 0.05) is 19.3 Å². The fraction of sp³-hybridized carbons (Fsp3) is 0.368. The van der Waals surface area contributed by atoms with E-state index in [1.165, 1.54) is 24.8 Å². The number of hydrogen-bond donors (Lipinski definition) is 1. The van der Waals surface area contributed by atoms with Gasteiger partial charge >= 0.3 is 0 Å².